The van der Waals surface area contributed by atoms with Crippen molar-refractivity contribution in [2.45, 2.75) is 45.9 Å². The molecule has 15 heavy (non-hydrogen) atoms. The Hall–Kier alpha value is -0.520. The quantitative estimate of drug-likeness (QED) is 0.812. The summed E-state index contributed by atoms with van der Waals surface area (Å²) in [6, 6.07) is 0.315. The molecule has 0 aromatic carbocycles. The summed E-state index contributed by atoms with van der Waals surface area (Å²) in [5.74, 6) is 0. The van der Waals surface area contributed by atoms with E-state index in [0.717, 1.165) is 16.4 Å². The minimum absolute atomic E-state index is 0.239. The Morgan fingerprint density at radius 3 is 2.67 bits per heavy atom. The molecule has 0 spiro atoms. The lowest BCUT2D eigenvalue weighted by atomic mass is 10.2. The summed E-state index contributed by atoms with van der Waals surface area (Å²) >= 11 is 1.62. The van der Waals surface area contributed by atoms with Crippen molar-refractivity contribution in [3.05, 3.63) is 10.0 Å². The van der Waals surface area contributed by atoms with Gasteiger partial charge in [-0.2, -0.15) is 0 Å². The van der Waals surface area contributed by atoms with Crippen molar-refractivity contribution in [2.75, 3.05) is 7.05 Å². The van der Waals surface area contributed by atoms with Gasteiger partial charge in [-0.05, 0) is 27.3 Å². The molecule has 0 saturated heterocycles. The molecule has 1 aromatic rings. The van der Waals surface area contributed by atoms with Gasteiger partial charge in [-0.1, -0.05) is 18.3 Å². The van der Waals surface area contributed by atoms with Gasteiger partial charge in [0.1, 0.15) is 16.6 Å². The third-order valence-electron chi connectivity index (χ3n) is 2.08. The van der Waals surface area contributed by atoms with Gasteiger partial charge in [-0.25, -0.2) is 0 Å². The number of hydrogen-bond donors (Lipinski definition) is 1. The normalized spacial score (nSPS) is 13.4. The van der Waals surface area contributed by atoms with E-state index < -0.39 is 0 Å². The Kier molecular flexibility index (Phi) is 5.14. The van der Waals surface area contributed by atoms with E-state index in [0.29, 0.717) is 12.6 Å². The highest BCUT2D eigenvalue weighted by Crippen LogP contribution is 2.20. The number of rotatable bonds is 6. The summed E-state index contributed by atoms with van der Waals surface area (Å²) in [5, 5.41) is 13.5. The topological polar surface area (TPSA) is 47.0 Å². The Morgan fingerprint density at radius 2 is 2.13 bits per heavy atom. The van der Waals surface area contributed by atoms with Gasteiger partial charge in [-0.3, -0.25) is 0 Å². The van der Waals surface area contributed by atoms with Crippen molar-refractivity contribution in [2.24, 2.45) is 0 Å². The first-order valence-corrected chi connectivity index (χ1v) is 6.10. The molecule has 1 atom stereocenters. The molecule has 5 heteroatoms. The minimum atomic E-state index is 0.239. The summed E-state index contributed by atoms with van der Waals surface area (Å²) in [5.41, 5.74) is 0. The van der Waals surface area contributed by atoms with E-state index in [9.17, 15) is 0 Å². The van der Waals surface area contributed by atoms with Crippen LogP contribution in [0.1, 0.15) is 43.2 Å². The Balaban J connectivity index is 2.55. The molecule has 1 N–H and O–H groups in total. The lowest BCUT2D eigenvalue weighted by Gasteiger charge is -2.08. The molecule has 0 fully saturated rings. The van der Waals surface area contributed by atoms with E-state index in [1.54, 1.807) is 11.3 Å². The molecule has 1 unspecified atom stereocenters. The summed E-state index contributed by atoms with van der Waals surface area (Å²) in [6.45, 7) is 6.73. The van der Waals surface area contributed by atoms with E-state index in [4.69, 9.17) is 4.74 Å². The predicted molar refractivity (Wildman–Crippen MR) is 61.9 cm³/mol. The molecule has 0 aliphatic carbocycles. The van der Waals surface area contributed by atoms with E-state index in [-0.39, 0.29) is 6.10 Å². The van der Waals surface area contributed by atoms with Gasteiger partial charge in [0.2, 0.25) is 0 Å². The molecule has 0 saturated carbocycles. The number of hydrogen-bond acceptors (Lipinski definition) is 5. The smallest absolute Gasteiger partial charge is 0.143 e. The molecular weight excluding hydrogens is 210 g/mol. The SMILES string of the molecule is CCC(NC)c1nnc(COC(C)C)s1. The van der Waals surface area contributed by atoms with Gasteiger partial charge < -0.3 is 10.1 Å². The zero-order chi connectivity index (χ0) is 11.3. The highest BCUT2D eigenvalue weighted by molar-refractivity contribution is 7.11. The highest BCUT2D eigenvalue weighted by Gasteiger charge is 2.12. The molecule has 1 heterocycles. The molecule has 0 aliphatic rings. The first-order chi connectivity index (χ1) is 7.17. The van der Waals surface area contributed by atoms with Crippen molar-refractivity contribution in [3.63, 3.8) is 0 Å². The number of ether oxygens (including phenoxy) is 1. The van der Waals surface area contributed by atoms with Gasteiger partial charge in [0.05, 0.1) is 12.1 Å². The standard InChI is InChI=1S/C10H19N3OS/c1-5-8(11-4)10-13-12-9(15-10)6-14-7(2)3/h7-8,11H,5-6H2,1-4H3. The van der Waals surface area contributed by atoms with Gasteiger partial charge in [-0.15, -0.1) is 10.2 Å². The Bertz CT molecular complexity index is 284. The van der Waals surface area contributed by atoms with E-state index in [2.05, 4.69) is 22.4 Å². The largest absolute Gasteiger partial charge is 0.372 e. The average Bonchev–Trinajstić information content (AvgIpc) is 2.65. The Labute approximate surface area is 95.1 Å². The van der Waals surface area contributed by atoms with Gasteiger partial charge in [0, 0.05) is 0 Å². The monoisotopic (exact) mass is 229 g/mol. The molecule has 1 rings (SSSR count). The van der Waals surface area contributed by atoms with Crippen molar-refractivity contribution >= 4 is 11.3 Å². The fraction of sp³-hybridized carbons (Fsp3) is 0.800. The van der Waals surface area contributed by atoms with Crippen LogP contribution in [0.2, 0.25) is 0 Å². The fourth-order valence-electron chi connectivity index (χ4n) is 1.21. The second-order valence-electron chi connectivity index (χ2n) is 3.64. The minimum Gasteiger partial charge on any atom is -0.372 e. The van der Waals surface area contributed by atoms with Crippen LogP contribution in [-0.4, -0.2) is 23.3 Å². The molecule has 0 radical (unpaired) electrons. The second-order valence-corrected chi connectivity index (χ2v) is 4.74. The fourth-order valence-corrected chi connectivity index (χ4v) is 2.16. The molecular formula is C10H19N3OS. The van der Waals surface area contributed by atoms with E-state index >= 15 is 0 Å². The lowest BCUT2D eigenvalue weighted by Crippen LogP contribution is -2.14. The van der Waals surface area contributed by atoms with E-state index in [1.165, 1.54) is 0 Å². The number of nitrogens with zero attached hydrogens (tertiary/aromatic N) is 2. The van der Waals surface area contributed by atoms with Crippen LogP contribution in [0, 0.1) is 0 Å². The molecule has 0 aliphatic heterocycles. The number of aromatic nitrogens is 2. The second kappa shape index (κ2) is 6.15. The third kappa shape index (κ3) is 3.85. The first kappa shape index (κ1) is 12.5. The van der Waals surface area contributed by atoms with Crippen LogP contribution >= 0.6 is 11.3 Å². The zero-order valence-corrected chi connectivity index (χ0v) is 10.6. The van der Waals surface area contributed by atoms with Crippen molar-refractivity contribution in [1.29, 1.82) is 0 Å². The van der Waals surface area contributed by atoms with Crippen LogP contribution in [0.25, 0.3) is 0 Å². The third-order valence-corrected chi connectivity index (χ3v) is 3.09. The zero-order valence-electron chi connectivity index (χ0n) is 9.78. The van der Waals surface area contributed by atoms with Crippen LogP contribution in [-0.2, 0) is 11.3 Å². The Morgan fingerprint density at radius 1 is 1.40 bits per heavy atom. The summed E-state index contributed by atoms with van der Waals surface area (Å²) in [7, 11) is 1.94. The predicted octanol–water partition coefficient (Wildman–Crippen LogP) is 2.13. The van der Waals surface area contributed by atoms with Gasteiger partial charge in [0.25, 0.3) is 0 Å². The summed E-state index contributed by atoms with van der Waals surface area (Å²) in [6.07, 6.45) is 1.26. The maximum absolute atomic E-state index is 5.48. The first-order valence-electron chi connectivity index (χ1n) is 5.28. The van der Waals surface area contributed by atoms with Gasteiger partial charge >= 0.3 is 0 Å². The summed E-state index contributed by atoms with van der Waals surface area (Å²) < 4.78 is 5.48. The van der Waals surface area contributed by atoms with Crippen molar-refractivity contribution in [1.82, 2.24) is 15.5 Å². The summed E-state index contributed by atoms with van der Waals surface area (Å²) in [4.78, 5) is 0. The van der Waals surface area contributed by atoms with Crippen LogP contribution in [0.3, 0.4) is 0 Å². The lowest BCUT2D eigenvalue weighted by molar-refractivity contribution is 0.0652. The molecule has 86 valence electrons. The van der Waals surface area contributed by atoms with Crippen LogP contribution < -0.4 is 5.32 Å². The van der Waals surface area contributed by atoms with E-state index in [1.807, 2.05) is 20.9 Å². The van der Waals surface area contributed by atoms with Crippen molar-refractivity contribution < 1.29 is 4.74 Å². The highest BCUT2D eigenvalue weighted by atomic mass is 32.1. The number of nitrogens with one attached hydrogen (secondary N) is 1. The maximum Gasteiger partial charge on any atom is 0.143 e. The van der Waals surface area contributed by atoms with Crippen LogP contribution in [0.15, 0.2) is 0 Å². The van der Waals surface area contributed by atoms with Crippen LogP contribution in [0.5, 0.6) is 0 Å². The molecule has 1 aromatic heterocycles. The van der Waals surface area contributed by atoms with Crippen LogP contribution in [0.4, 0.5) is 0 Å². The molecule has 0 amide bonds. The average molecular weight is 229 g/mol. The van der Waals surface area contributed by atoms with Crippen molar-refractivity contribution in [3.8, 4) is 0 Å². The van der Waals surface area contributed by atoms with Gasteiger partial charge in [0.15, 0.2) is 0 Å². The maximum atomic E-state index is 5.48. The molecule has 4 nitrogen and oxygen atoms in total. The molecule has 0 bridgehead atoms.